The molecule has 4 nitrogen and oxygen atoms in total. The summed E-state index contributed by atoms with van der Waals surface area (Å²) in [6.45, 7) is 38.7. The summed E-state index contributed by atoms with van der Waals surface area (Å²) in [7, 11) is -4.25. The summed E-state index contributed by atoms with van der Waals surface area (Å²) in [5.41, 5.74) is 15.3. The number of rotatable bonds is 33. The molecule has 0 spiro atoms. The Kier molecular flexibility index (Phi) is 34.4. The van der Waals surface area contributed by atoms with Gasteiger partial charge in [-0.2, -0.15) is 0 Å². The topological polar surface area (TPSA) is 44.8 Å². The minimum atomic E-state index is -4.25. The third kappa shape index (κ3) is 37.7. The van der Waals surface area contributed by atoms with E-state index >= 15 is 4.57 Å². The maximum Gasteiger partial charge on any atom is 0.476 e. The Labute approximate surface area is 403 Å². The molecule has 3 atom stereocenters. The molecule has 65 heavy (non-hydrogen) atoms. The molecule has 0 fully saturated rings. The summed E-state index contributed by atoms with van der Waals surface area (Å²) in [6.07, 6.45) is 38.4. The molecule has 3 unspecified atom stereocenters. The molecule has 0 rings (SSSR count). The van der Waals surface area contributed by atoms with Crippen LogP contribution in [0, 0.1) is 0 Å². The van der Waals surface area contributed by atoms with Gasteiger partial charge in [0, 0.05) is 0 Å². The van der Waals surface area contributed by atoms with Crippen LogP contribution in [0.2, 0.25) is 0 Å². The quantitative estimate of drug-likeness (QED) is 0.0486. The van der Waals surface area contributed by atoms with Crippen molar-refractivity contribution in [1.29, 1.82) is 0 Å². The highest BCUT2D eigenvalue weighted by molar-refractivity contribution is 7.48. The number of hydrogen-bond acceptors (Lipinski definition) is 4. The monoisotopic (exact) mass is 915 g/mol. The Morgan fingerprint density at radius 2 is 0.492 bits per heavy atom. The zero-order valence-electron chi connectivity index (χ0n) is 45.3. The number of hydrogen-bond donors (Lipinski definition) is 0. The van der Waals surface area contributed by atoms with Crippen molar-refractivity contribution in [1.82, 2.24) is 0 Å². The third-order valence-electron chi connectivity index (χ3n) is 10.8. The van der Waals surface area contributed by atoms with Gasteiger partial charge in [-0.1, -0.05) is 140 Å². The van der Waals surface area contributed by atoms with E-state index in [-0.39, 0.29) is 0 Å². The highest BCUT2D eigenvalue weighted by atomic mass is 31.2. The third-order valence-corrected chi connectivity index (χ3v) is 12.4. The van der Waals surface area contributed by atoms with Crippen molar-refractivity contribution in [2.75, 3.05) is 0 Å². The minimum Gasteiger partial charge on any atom is -0.279 e. The van der Waals surface area contributed by atoms with Crippen LogP contribution in [-0.4, -0.2) is 18.3 Å². The summed E-state index contributed by atoms with van der Waals surface area (Å²) in [5, 5.41) is 0. The second-order valence-corrected chi connectivity index (χ2v) is 21.7. The van der Waals surface area contributed by atoms with Gasteiger partial charge in [0.1, 0.15) is 0 Å². The van der Waals surface area contributed by atoms with Gasteiger partial charge < -0.3 is 0 Å². The maximum atomic E-state index is 15.9. The molecule has 0 radical (unpaired) electrons. The number of phosphoric ester groups is 1. The van der Waals surface area contributed by atoms with E-state index in [1.807, 2.05) is 0 Å². The van der Waals surface area contributed by atoms with Crippen molar-refractivity contribution in [2.24, 2.45) is 0 Å². The van der Waals surface area contributed by atoms with Gasteiger partial charge in [-0.25, -0.2) is 4.57 Å². The molecular formula is C60H99O4P. The zero-order valence-corrected chi connectivity index (χ0v) is 46.2. The van der Waals surface area contributed by atoms with Gasteiger partial charge in [0.25, 0.3) is 0 Å². The summed E-state index contributed by atoms with van der Waals surface area (Å²) in [6, 6.07) is 0. The first-order valence-corrected chi connectivity index (χ1v) is 26.4. The van der Waals surface area contributed by atoms with Gasteiger partial charge in [-0.3, -0.25) is 13.6 Å². The lowest BCUT2D eigenvalue weighted by Crippen LogP contribution is -2.19. The molecule has 0 aliphatic heterocycles. The lowest BCUT2D eigenvalue weighted by Gasteiger charge is -2.28. The normalized spacial score (nSPS) is 15.4. The van der Waals surface area contributed by atoms with Gasteiger partial charge in [-0.05, 0) is 221 Å². The Bertz CT molecular complexity index is 1590. The van der Waals surface area contributed by atoms with Crippen LogP contribution in [0.4, 0.5) is 0 Å². The van der Waals surface area contributed by atoms with Crippen molar-refractivity contribution in [2.45, 2.75) is 239 Å². The van der Waals surface area contributed by atoms with Crippen LogP contribution < -0.4 is 0 Å². The van der Waals surface area contributed by atoms with E-state index in [0.29, 0.717) is 19.3 Å². The molecule has 0 aliphatic rings. The molecule has 0 aromatic heterocycles. The number of phosphoric acid groups is 1. The summed E-state index contributed by atoms with van der Waals surface area (Å²) in [5.74, 6) is 0. The van der Waals surface area contributed by atoms with Crippen molar-refractivity contribution in [3.8, 4) is 0 Å². The second-order valence-electron chi connectivity index (χ2n) is 20.2. The zero-order chi connectivity index (χ0) is 49.4. The molecule has 368 valence electrons. The van der Waals surface area contributed by atoms with Crippen LogP contribution in [-0.2, 0) is 18.1 Å². The Morgan fingerprint density at radius 3 is 0.677 bits per heavy atom. The Hall–Kier alpha value is -3.01. The molecule has 0 saturated carbocycles. The molecule has 0 N–H and O–H groups in total. The van der Waals surface area contributed by atoms with Gasteiger partial charge in [-0.15, -0.1) is 0 Å². The molecule has 5 heteroatoms. The SMILES string of the molecule is CC(C)=CCC/C(C)=C/CC(/C=C(\C)CCC=C(C)C)OP(=O)(OC(/C=C(\C)CCC=C(C)C)C/C=C(\C)CCC=C(C)C)OC(/C=C(\C)CCC=C(C)C)C/C=C(\C)CCC=C(C)C. The predicted octanol–water partition coefficient (Wildman–Crippen LogP) is 20.6. The van der Waals surface area contributed by atoms with Crippen LogP contribution in [0.3, 0.4) is 0 Å². The Morgan fingerprint density at radius 1 is 0.308 bits per heavy atom. The van der Waals surface area contributed by atoms with Crippen LogP contribution >= 0.6 is 7.82 Å². The van der Waals surface area contributed by atoms with Gasteiger partial charge in [0.15, 0.2) is 0 Å². The van der Waals surface area contributed by atoms with Crippen LogP contribution in [0.25, 0.3) is 0 Å². The van der Waals surface area contributed by atoms with Crippen molar-refractivity contribution < 1.29 is 18.1 Å². The fraction of sp³-hybridized carbons (Fsp3) is 0.600. The minimum absolute atomic E-state index is 0.513. The van der Waals surface area contributed by atoms with Crippen LogP contribution in [0.15, 0.2) is 140 Å². The fourth-order valence-electron chi connectivity index (χ4n) is 6.99. The predicted molar refractivity (Wildman–Crippen MR) is 291 cm³/mol. The first-order chi connectivity index (χ1) is 30.5. The van der Waals surface area contributed by atoms with Gasteiger partial charge in [0.2, 0.25) is 0 Å². The van der Waals surface area contributed by atoms with Gasteiger partial charge >= 0.3 is 7.82 Å². The van der Waals surface area contributed by atoms with Gasteiger partial charge in [0.05, 0.1) is 18.3 Å². The van der Waals surface area contributed by atoms with Crippen molar-refractivity contribution >= 4 is 7.82 Å². The molecule has 0 bridgehead atoms. The molecule has 0 amide bonds. The maximum absolute atomic E-state index is 15.9. The van der Waals surface area contributed by atoms with E-state index in [2.05, 4.69) is 198 Å². The highest BCUT2D eigenvalue weighted by Gasteiger charge is 2.35. The van der Waals surface area contributed by atoms with E-state index in [1.165, 1.54) is 66.9 Å². The highest BCUT2D eigenvalue weighted by Crippen LogP contribution is 2.55. The first kappa shape index (κ1) is 62.0. The van der Waals surface area contributed by atoms with E-state index in [4.69, 9.17) is 13.6 Å². The standard InChI is InChI=1S/C60H99O4P/c1-46(2)25-19-31-52(13)37-40-58(43-55(16)34-22-28-49(7)8)62-65(61,63-59(44-56(17)35-23-29-50(9)10)41-38-53(14)32-20-26-47(3)4)64-60(45-57(18)36-24-30-51(11)12)42-39-54(15)33-21-27-48(5)6/h25-30,37-39,43-45,58-60H,19-24,31-36,40-42H2,1-18H3/b52-37+,53-38+,54-39+,55-43+,56-44+,57-45+. The molecule has 0 aromatic rings. The Balaban J connectivity index is 7.76. The molecule has 0 heterocycles. The smallest absolute Gasteiger partial charge is 0.279 e. The molecule has 0 aromatic carbocycles. The average molecular weight is 915 g/mol. The van der Waals surface area contributed by atoms with E-state index in [1.54, 1.807) is 0 Å². The van der Waals surface area contributed by atoms with Crippen LogP contribution in [0.1, 0.15) is 221 Å². The lowest BCUT2D eigenvalue weighted by atomic mass is 10.0. The van der Waals surface area contributed by atoms with Crippen molar-refractivity contribution in [3.05, 3.63) is 140 Å². The first-order valence-electron chi connectivity index (χ1n) is 24.9. The fourth-order valence-corrected chi connectivity index (χ4v) is 8.57. The van der Waals surface area contributed by atoms with Crippen molar-refractivity contribution in [3.63, 3.8) is 0 Å². The lowest BCUT2D eigenvalue weighted by molar-refractivity contribution is 0.0637. The number of allylic oxidation sites excluding steroid dienone is 18. The molecular weight excluding hydrogens is 816 g/mol. The molecule has 0 saturated heterocycles. The largest absolute Gasteiger partial charge is 0.476 e. The summed E-state index contributed by atoms with van der Waals surface area (Å²) < 4.78 is 36.6. The van der Waals surface area contributed by atoms with E-state index in [0.717, 1.165) is 77.0 Å². The van der Waals surface area contributed by atoms with E-state index in [9.17, 15) is 0 Å². The van der Waals surface area contributed by atoms with Crippen LogP contribution in [0.5, 0.6) is 0 Å². The average Bonchev–Trinajstić information content (AvgIpc) is 3.17. The summed E-state index contributed by atoms with van der Waals surface area (Å²) >= 11 is 0. The summed E-state index contributed by atoms with van der Waals surface area (Å²) in [4.78, 5) is 0. The molecule has 0 aliphatic carbocycles. The second kappa shape index (κ2) is 36.1. The van der Waals surface area contributed by atoms with E-state index < -0.39 is 26.1 Å².